The number of hydrogen-bond donors (Lipinski definition) is 1. The minimum absolute atomic E-state index is 0.0297. The maximum absolute atomic E-state index is 12.0. The van der Waals surface area contributed by atoms with Crippen molar-refractivity contribution in [2.45, 2.75) is 25.4 Å². The van der Waals surface area contributed by atoms with Crippen LogP contribution in [0.1, 0.15) is 18.4 Å². The topological polar surface area (TPSA) is 62.6 Å². The molecule has 0 spiro atoms. The van der Waals surface area contributed by atoms with E-state index >= 15 is 0 Å². The van der Waals surface area contributed by atoms with E-state index in [1.54, 1.807) is 0 Å². The molecule has 1 fully saturated rings. The van der Waals surface area contributed by atoms with Gasteiger partial charge in [-0.2, -0.15) is 0 Å². The van der Waals surface area contributed by atoms with Gasteiger partial charge in [0.05, 0.1) is 6.54 Å². The number of nitrogens with zero attached hydrogens (tertiary/aromatic N) is 1. The van der Waals surface area contributed by atoms with E-state index in [4.69, 9.17) is 4.42 Å². The Balaban J connectivity index is 1.68. The predicted molar refractivity (Wildman–Crippen MR) is 97.5 cm³/mol. The number of amides is 1. The zero-order valence-corrected chi connectivity index (χ0v) is 14.1. The maximum atomic E-state index is 12.0. The van der Waals surface area contributed by atoms with Crippen LogP contribution in [0.3, 0.4) is 0 Å². The predicted octanol–water partition coefficient (Wildman–Crippen LogP) is 2.66. The zero-order chi connectivity index (χ0) is 17.4. The highest BCUT2D eigenvalue weighted by Gasteiger charge is 2.23. The lowest BCUT2D eigenvalue weighted by molar-refractivity contribution is -0.122. The largest absolute Gasteiger partial charge is 0.423 e. The van der Waals surface area contributed by atoms with Gasteiger partial charge >= 0.3 is 5.63 Å². The van der Waals surface area contributed by atoms with Crippen molar-refractivity contribution in [2.24, 2.45) is 0 Å². The summed E-state index contributed by atoms with van der Waals surface area (Å²) in [6.07, 6.45) is 2.15. The molecule has 0 saturated heterocycles. The summed E-state index contributed by atoms with van der Waals surface area (Å²) < 4.78 is 5.38. The van der Waals surface area contributed by atoms with Crippen LogP contribution in [0.15, 0.2) is 51.7 Å². The third-order valence-corrected chi connectivity index (χ3v) is 4.51. The lowest BCUT2D eigenvalue weighted by Gasteiger charge is -2.17. The molecule has 25 heavy (non-hydrogen) atoms. The van der Waals surface area contributed by atoms with Crippen LogP contribution in [0.25, 0.3) is 21.7 Å². The van der Waals surface area contributed by atoms with E-state index in [1.165, 1.54) is 6.07 Å². The number of carbonyl (C=O) groups is 1. The van der Waals surface area contributed by atoms with Crippen molar-refractivity contribution < 1.29 is 9.21 Å². The summed E-state index contributed by atoms with van der Waals surface area (Å²) in [7, 11) is 1.89. The minimum atomic E-state index is -0.367. The molecule has 0 bridgehead atoms. The summed E-state index contributed by atoms with van der Waals surface area (Å²) >= 11 is 0. The Morgan fingerprint density at radius 2 is 2.04 bits per heavy atom. The number of fused-ring (bicyclic) bond motifs is 3. The third-order valence-electron chi connectivity index (χ3n) is 4.51. The van der Waals surface area contributed by atoms with Gasteiger partial charge in [0.15, 0.2) is 0 Å². The Kier molecular flexibility index (Phi) is 4.01. The van der Waals surface area contributed by atoms with Gasteiger partial charge in [0.1, 0.15) is 5.58 Å². The van der Waals surface area contributed by atoms with Crippen LogP contribution in [0.2, 0.25) is 0 Å². The molecule has 0 unspecified atom stereocenters. The van der Waals surface area contributed by atoms with Gasteiger partial charge in [-0.25, -0.2) is 4.79 Å². The smallest absolute Gasteiger partial charge is 0.336 e. The van der Waals surface area contributed by atoms with Gasteiger partial charge in [0.2, 0.25) is 5.91 Å². The summed E-state index contributed by atoms with van der Waals surface area (Å²) in [6, 6.07) is 13.7. The molecule has 1 N–H and O–H groups in total. The third kappa shape index (κ3) is 3.42. The lowest BCUT2D eigenvalue weighted by atomic mass is 10.0. The minimum Gasteiger partial charge on any atom is -0.423 e. The molecule has 0 radical (unpaired) electrons. The molecule has 128 valence electrons. The highest BCUT2D eigenvalue weighted by molar-refractivity contribution is 6.07. The van der Waals surface area contributed by atoms with E-state index in [2.05, 4.69) is 5.32 Å². The molecule has 1 amide bonds. The second kappa shape index (κ2) is 6.33. The summed E-state index contributed by atoms with van der Waals surface area (Å²) in [4.78, 5) is 25.9. The summed E-state index contributed by atoms with van der Waals surface area (Å²) in [6.45, 7) is 0.817. The van der Waals surface area contributed by atoms with E-state index in [0.717, 1.165) is 34.6 Å². The monoisotopic (exact) mass is 336 g/mol. The van der Waals surface area contributed by atoms with E-state index in [-0.39, 0.29) is 11.5 Å². The second-order valence-corrected chi connectivity index (χ2v) is 6.76. The Hall–Kier alpha value is -2.66. The van der Waals surface area contributed by atoms with Crippen LogP contribution in [0.4, 0.5) is 0 Å². The molecule has 2 aromatic carbocycles. The Morgan fingerprint density at radius 1 is 1.24 bits per heavy atom. The highest BCUT2D eigenvalue weighted by atomic mass is 16.4. The average Bonchev–Trinajstić information content (AvgIpc) is 3.37. The van der Waals surface area contributed by atoms with Gasteiger partial charge in [-0.05, 0) is 42.3 Å². The first-order chi connectivity index (χ1) is 12.1. The molecular weight excluding hydrogens is 316 g/mol. The number of benzene rings is 2. The molecule has 1 saturated carbocycles. The first-order valence-electron chi connectivity index (χ1n) is 8.52. The van der Waals surface area contributed by atoms with E-state index in [1.807, 2.05) is 48.3 Å². The maximum Gasteiger partial charge on any atom is 0.336 e. The second-order valence-electron chi connectivity index (χ2n) is 6.76. The lowest BCUT2D eigenvalue weighted by Crippen LogP contribution is -2.36. The Bertz CT molecular complexity index is 1000. The fourth-order valence-corrected chi connectivity index (χ4v) is 3.24. The average molecular weight is 336 g/mol. The van der Waals surface area contributed by atoms with Crippen molar-refractivity contribution in [3.63, 3.8) is 0 Å². The number of hydrogen-bond acceptors (Lipinski definition) is 4. The van der Waals surface area contributed by atoms with Gasteiger partial charge in [0.25, 0.3) is 0 Å². The number of rotatable bonds is 5. The van der Waals surface area contributed by atoms with E-state index in [9.17, 15) is 9.59 Å². The van der Waals surface area contributed by atoms with Crippen molar-refractivity contribution in [3.05, 3.63) is 58.4 Å². The number of carbonyl (C=O) groups excluding carboxylic acids is 1. The molecule has 0 aliphatic heterocycles. The van der Waals surface area contributed by atoms with Gasteiger partial charge in [-0.1, -0.05) is 30.3 Å². The molecule has 4 rings (SSSR count). The molecular formula is C20H20N2O3. The molecule has 1 aliphatic carbocycles. The van der Waals surface area contributed by atoms with Crippen molar-refractivity contribution in [1.29, 1.82) is 0 Å². The molecule has 1 heterocycles. The Labute approximate surface area is 145 Å². The first kappa shape index (κ1) is 15.8. The van der Waals surface area contributed by atoms with Crippen LogP contribution < -0.4 is 10.9 Å². The van der Waals surface area contributed by atoms with Crippen molar-refractivity contribution in [3.8, 4) is 0 Å². The highest BCUT2D eigenvalue weighted by Crippen LogP contribution is 2.28. The molecule has 3 aromatic rings. The molecule has 5 heteroatoms. The SMILES string of the molecule is CN(CC(=O)NC1CC1)Cc1cc(=O)oc2ccc3ccccc3c12. The standard InChI is InChI=1S/C20H20N2O3/c1-22(12-18(23)21-15-7-8-15)11-14-10-19(24)25-17-9-6-13-4-2-3-5-16(13)20(14)17/h2-6,9-10,15H,7-8,11-12H2,1H3,(H,21,23). The van der Waals surface area contributed by atoms with Crippen molar-refractivity contribution in [1.82, 2.24) is 10.2 Å². The molecule has 1 aliphatic rings. The van der Waals surface area contributed by atoms with Crippen LogP contribution in [-0.4, -0.2) is 30.4 Å². The van der Waals surface area contributed by atoms with E-state index < -0.39 is 0 Å². The molecule has 5 nitrogen and oxygen atoms in total. The summed E-state index contributed by atoms with van der Waals surface area (Å²) in [5.74, 6) is 0.0297. The van der Waals surface area contributed by atoms with Crippen molar-refractivity contribution in [2.75, 3.05) is 13.6 Å². The Morgan fingerprint density at radius 3 is 2.84 bits per heavy atom. The molecule has 1 aromatic heterocycles. The van der Waals surface area contributed by atoms with Crippen LogP contribution in [0.5, 0.6) is 0 Å². The van der Waals surface area contributed by atoms with Crippen LogP contribution in [0, 0.1) is 0 Å². The summed E-state index contributed by atoms with van der Waals surface area (Å²) in [5.41, 5.74) is 1.09. The number of nitrogens with one attached hydrogen (secondary N) is 1. The van der Waals surface area contributed by atoms with Gasteiger partial charge in [0, 0.05) is 24.0 Å². The fraction of sp³-hybridized carbons (Fsp3) is 0.300. The molecule has 0 atom stereocenters. The van der Waals surface area contributed by atoms with Crippen molar-refractivity contribution >= 4 is 27.6 Å². The first-order valence-corrected chi connectivity index (χ1v) is 8.52. The summed E-state index contributed by atoms with van der Waals surface area (Å²) in [5, 5.41) is 6.07. The van der Waals surface area contributed by atoms with E-state index in [0.29, 0.717) is 24.7 Å². The van der Waals surface area contributed by atoms with Gasteiger partial charge < -0.3 is 9.73 Å². The quantitative estimate of drug-likeness (QED) is 0.575. The van der Waals surface area contributed by atoms with Gasteiger partial charge in [-0.3, -0.25) is 9.69 Å². The zero-order valence-electron chi connectivity index (χ0n) is 14.1. The fourth-order valence-electron chi connectivity index (χ4n) is 3.24. The normalized spacial score (nSPS) is 14.3. The van der Waals surface area contributed by atoms with Gasteiger partial charge in [-0.15, -0.1) is 0 Å². The van der Waals surface area contributed by atoms with Crippen LogP contribution in [-0.2, 0) is 11.3 Å². The number of likely N-dealkylation sites (N-methyl/N-ethyl adjacent to an activating group) is 1. The van der Waals surface area contributed by atoms with Crippen LogP contribution >= 0.6 is 0 Å².